The van der Waals surface area contributed by atoms with Crippen LogP contribution in [0.15, 0.2) is 36.7 Å². The summed E-state index contributed by atoms with van der Waals surface area (Å²) in [6.45, 7) is 2.04. The lowest BCUT2D eigenvalue weighted by Crippen LogP contribution is -1.66. The Bertz CT molecular complexity index is 215. The van der Waals surface area contributed by atoms with Gasteiger partial charge >= 0.3 is 0 Å². The van der Waals surface area contributed by atoms with Crippen molar-refractivity contribution in [3.05, 3.63) is 42.2 Å². The van der Waals surface area contributed by atoms with E-state index in [0.717, 1.165) is 0 Å². The highest BCUT2D eigenvalue weighted by atomic mass is 15.1. The fraction of sp³-hybridized carbons (Fsp3) is 0.125. The summed E-state index contributed by atoms with van der Waals surface area (Å²) >= 11 is 0. The third-order valence-electron chi connectivity index (χ3n) is 1.13. The van der Waals surface area contributed by atoms with Crippen molar-refractivity contribution in [1.29, 1.82) is 0 Å². The third kappa shape index (κ3) is 2.31. The van der Waals surface area contributed by atoms with Gasteiger partial charge in [-0.15, -0.1) is 0 Å². The Balaban J connectivity index is 3.13. The van der Waals surface area contributed by atoms with Crippen molar-refractivity contribution in [3.8, 4) is 0 Å². The number of aromatic amines is 1. The first-order valence-corrected chi connectivity index (χ1v) is 3.18. The topological polar surface area (TPSA) is 28.7 Å². The van der Waals surface area contributed by atoms with Crippen LogP contribution in [0.1, 0.15) is 5.56 Å². The lowest BCUT2D eigenvalue weighted by atomic mass is 10.3. The van der Waals surface area contributed by atoms with E-state index in [2.05, 4.69) is 10.2 Å². The number of hydrogen-bond acceptors (Lipinski definition) is 1. The van der Waals surface area contributed by atoms with Crippen LogP contribution >= 0.6 is 0 Å². The monoisotopic (exact) mass is 134 g/mol. The Morgan fingerprint density at radius 1 is 1.30 bits per heavy atom. The average molecular weight is 134 g/mol. The smallest absolute Gasteiger partial charge is 0.0472 e. The zero-order valence-corrected chi connectivity index (χ0v) is 5.91. The summed E-state index contributed by atoms with van der Waals surface area (Å²) in [6, 6.07) is 7.82. The summed E-state index contributed by atoms with van der Waals surface area (Å²) in [7, 11) is 0. The zero-order chi connectivity index (χ0) is 7.23. The van der Waals surface area contributed by atoms with Crippen molar-refractivity contribution in [1.82, 2.24) is 10.2 Å². The van der Waals surface area contributed by atoms with Gasteiger partial charge in [0.2, 0.25) is 0 Å². The highest BCUT2D eigenvalue weighted by Crippen LogP contribution is 1.87. The molecule has 52 valence electrons. The van der Waals surface area contributed by atoms with E-state index < -0.39 is 0 Å². The van der Waals surface area contributed by atoms with Gasteiger partial charge in [0.1, 0.15) is 0 Å². The van der Waals surface area contributed by atoms with Crippen LogP contribution < -0.4 is 0 Å². The van der Waals surface area contributed by atoms with Gasteiger partial charge in [-0.25, -0.2) is 0 Å². The quantitative estimate of drug-likeness (QED) is 0.576. The van der Waals surface area contributed by atoms with E-state index in [1.54, 1.807) is 12.4 Å². The van der Waals surface area contributed by atoms with Gasteiger partial charge in [0.15, 0.2) is 0 Å². The predicted octanol–water partition coefficient (Wildman–Crippen LogP) is 1.84. The number of hydrogen-bond donors (Lipinski definition) is 1. The van der Waals surface area contributed by atoms with E-state index in [4.69, 9.17) is 0 Å². The van der Waals surface area contributed by atoms with Gasteiger partial charge in [0.05, 0.1) is 0 Å². The highest BCUT2D eigenvalue weighted by Gasteiger charge is 1.70. The fourth-order valence-electron chi connectivity index (χ4n) is 0.610. The minimum atomic E-state index is 1.20. The first-order valence-electron chi connectivity index (χ1n) is 3.18. The van der Waals surface area contributed by atoms with Gasteiger partial charge in [-0.3, -0.25) is 5.10 Å². The zero-order valence-electron chi connectivity index (χ0n) is 5.91. The fourth-order valence-corrected chi connectivity index (χ4v) is 0.610. The summed E-state index contributed by atoms with van der Waals surface area (Å²) in [5.41, 5.74) is 1.20. The van der Waals surface area contributed by atoms with Crippen molar-refractivity contribution in [2.24, 2.45) is 0 Å². The third-order valence-corrected chi connectivity index (χ3v) is 1.13. The maximum Gasteiger partial charge on any atom is 0.0472 e. The Kier molecular flexibility index (Phi) is 2.49. The van der Waals surface area contributed by atoms with Crippen LogP contribution in [0.2, 0.25) is 0 Å². The van der Waals surface area contributed by atoms with Crippen LogP contribution in [0.4, 0.5) is 0 Å². The summed E-state index contributed by atoms with van der Waals surface area (Å²) < 4.78 is 0. The maximum atomic E-state index is 3.84. The molecule has 2 heteroatoms. The lowest BCUT2D eigenvalue weighted by Gasteiger charge is -1.76. The molecule has 0 amide bonds. The molecule has 0 spiro atoms. The second-order valence-electron chi connectivity index (χ2n) is 2.04. The molecule has 0 aliphatic heterocycles. The van der Waals surface area contributed by atoms with E-state index in [0.29, 0.717) is 0 Å². The van der Waals surface area contributed by atoms with Crippen molar-refractivity contribution >= 4 is 0 Å². The minimum absolute atomic E-state index is 1.20. The van der Waals surface area contributed by atoms with E-state index in [9.17, 15) is 0 Å². The van der Waals surface area contributed by atoms with Crippen LogP contribution in [0, 0.1) is 6.92 Å². The van der Waals surface area contributed by atoms with Gasteiger partial charge in [-0.05, 0) is 24.6 Å². The molecule has 10 heavy (non-hydrogen) atoms. The predicted molar refractivity (Wildman–Crippen MR) is 41.0 cm³/mol. The standard InChI is InChI=1S/C8H10N2/c1-8-4-2-3-6-9-10-7-5-8/h2-7,10H,1H3. The number of nitrogens with zero attached hydrogens (tertiary/aromatic N) is 1. The molecule has 0 fully saturated rings. The van der Waals surface area contributed by atoms with E-state index in [1.807, 2.05) is 31.2 Å². The summed E-state index contributed by atoms with van der Waals surface area (Å²) in [4.78, 5) is 0. The molecule has 0 bridgehead atoms. The molecule has 0 aliphatic rings. The van der Waals surface area contributed by atoms with Crippen LogP contribution in [-0.4, -0.2) is 10.2 Å². The van der Waals surface area contributed by atoms with Crippen LogP contribution in [0.25, 0.3) is 0 Å². The van der Waals surface area contributed by atoms with Gasteiger partial charge in [0, 0.05) is 12.4 Å². The normalized spacial score (nSPS) is 8.50. The van der Waals surface area contributed by atoms with Crippen LogP contribution in [0.3, 0.4) is 0 Å². The van der Waals surface area contributed by atoms with Crippen LogP contribution in [0.5, 0.6) is 0 Å². The highest BCUT2D eigenvalue weighted by molar-refractivity contribution is 5.05. The molecule has 0 saturated carbocycles. The molecule has 0 aromatic carbocycles. The first kappa shape index (κ1) is 6.81. The molecule has 1 rings (SSSR count). The first-order chi connectivity index (χ1) is 4.89. The maximum absolute atomic E-state index is 3.84. The number of aryl methyl sites for hydroxylation is 1. The van der Waals surface area contributed by atoms with E-state index in [1.165, 1.54) is 5.56 Å². The molecule has 1 aromatic heterocycles. The average Bonchev–Trinajstić information content (AvgIpc) is 2.02. The summed E-state index contributed by atoms with van der Waals surface area (Å²) in [5.74, 6) is 0. The lowest BCUT2D eigenvalue weighted by molar-refractivity contribution is 1.05. The second-order valence-corrected chi connectivity index (χ2v) is 2.04. The summed E-state index contributed by atoms with van der Waals surface area (Å²) in [6.07, 6.45) is 3.51. The molecular formula is C8H10N2. The molecule has 2 nitrogen and oxygen atoms in total. The molecule has 1 aromatic rings. The Labute approximate surface area is 60.2 Å². The molecule has 0 radical (unpaired) electrons. The van der Waals surface area contributed by atoms with Gasteiger partial charge in [-0.2, -0.15) is 5.10 Å². The summed E-state index contributed by atoms with van der Waals surface area (Å²) in [5, 5.41) is 6.60. The van der Waals surface area contributed by atoms with Crippen molar-refractivity contribution in [3.63, 3.8) is 0 Å². The molecule has 1 heterocycles. The van der Waals surface area contributed by atoms with E-state index >= 15 is 0 Å². The number of nitrogens with one attached hydrogen (secondary N) is 1. The second kappa shape index (κ2) is 3.67. The molecular weight excluding hydrogens is 124 g/mol. The molecule has 0 aliphatic carbocycles. The molecule has 1 N–H and O–H groups in total. The Morgan fingerprint density at radius 2 is 2.20 bits per heavy atom. The number of rotatable bonds is 0. The molecule has 0 saturated heterocycles. The number of H-pyrrole nitrogens is 1. The van der Waals surface area contributed by atoms with Gasteiger partial charge < -0.3 is 0 Å². The Hall–Kier alpha value is -1.31. The van der Waals surface area contributed by atoms with Crippen molar-refractivity contribution in [2.75, 3.05) is 0 Å². The Morgan fingerprint density at radius 3 is 3.10 bits per heavy atom. The van der Waals surface area contributed by atoms with Crippen LogP contribution in [-0.2, 0) is 0 Å². The number of aromatic nitrogens is 2. The molecule has 0 unspecified atom stereocenters. The van der Waals surface area contributed by atoms with Crippen molar-refractivity contribution in [2.45, 2.75) is 6.92 Å². The van der Waals surface area contributed by atoms with E-state index in [-0.39, 0.29) is 0 Å². The van der Waals surface area contributed by atoms with Gasteiger partial charge in [-0.1, -0.05) is 12.1 Å². The largest absolute Gasteiger partial charge is 0.286 e. The molecule has 0 atom stereocenters. The van der Waals surface area contributed by atoms with Gasteiger partial charge in [0.25, 0.3) is 0 Å². The minimum Gasteiger partial charge on any atom is -0.286 e. The SMILES string of the molecule is Cc1ccccn[nH]cc1. The van der Waals surface area contributed by atoms with Crippen molar-refractivity contribution < 1.29 is 0 Å².